The SMILES string of the molecule is C[C@@H](C1CCCCC1)N(C(=O)C(C)(C)C)c1ccc(C2(S(=O)(=O)c3ccc(Cl)cc3)CCOCC2)cc1F. The van der Waals surface area contributed by atoms with Gasteiger partial charge in [0.15, 0.2) is 9.84 Å². The minimum atomic E-state index is -3.90. The molecule has 0 unspecified atom stereocenters. The molecule has 208 valence electrons. The highest BCUT2D eigenvalue weighted by Gasteiger charge is 2.48. The zero-order valence-electron chi connectivity index (χ0n) is 22.8. The summed E-state index contributed by atoms with van der Waals surface area (Å²) < 4.78 is 48.3. The second kappa shape index (κ2) is 11.3. The fourth-order valence-corrected chi connectivity index (χ4v) is 8.15. The van der Waals surface area contributed by atoms with Gasteiger partial charge in [-0.3, -0.25) is 4.79 Å². The zero-order valence-corrected chi connectivity index (χ0v) is 24.4. The van der Waals surface area contributed by atoms with Crippen molar-refractivity contribution in [2.75, 3.05) is 18.1 Å². The van der Waals surface area contributed by atoms with Crippen LogP contribution in [0.2, 0.25) is 5.02 Å². The van der Waals surface area contributed by atoms with Crippen molar-refractivity contribution in [2.24, 2.45) is 11.3 Å². The van der Waals surface area contributed by atoms with Crippen molar-refractivity contribution in [3.63, 3.8) is 0 Å². The lowest BCUT2D eigenvalue weighted by Gasteiger charge is -2.40. The summed E-state index contributed by atoms with van der Waals surface area (Å²) >= 11 is 6.01. The molecule has 1 aliphatic carbocycles. The molecule has 5 nitrogen and oxygen atoms in total. The molecule has 0 radical (unpaired) electrons. The van der Waals surface area contributed by atoms with E-state index < -0.39 is 25.8 Å². The highest BCUT2D eigenvalue weighted by molar-refractivity contribution is 7.92. The first-order valence-corrected chi connectivity index (χ1v) is 15.5. The Labute approximate surface area is 231 Å². The Balaban J connectivity index is 1.79. The molecule has 0 aromatic heterocycles. The third-order valence-electron chi connectivity index (χ3n) is 8.27. The standard InChI is InChI=1S/C30H39ClFNO4S/c1-21(22-8-6-5-7-9-22)33(28(34)29(2,3)4)27-15-10-23(20-26(27)32)30(16-18-37-19-17-30)38(35,36)25-13-11-24(31)12-14-25/h10-15,20-22H,5-9,16-19H2,1-4H3/t21-/m0/s1. The van der Waals surface area contributed by atoms with E-state index in [1.165, 1.54) is 24.6 Å². The van der Waals surface area contributed by atoms with Gasteiger partial charge in [-0.05, 0) is 80.5 Å². The normalized spacial score (nSPS) is 19.6. The van der Waals surface area contributed by atoms with E-state index in [1.54, 1.807) is 29.2 Å². The van der Waals surface area contributed by atoms with Crippen LogP contribution in [0.3, 0.4) is 0 Å². The number of hydrogen-bond acceptors (Lipinski definition) is 4. The molecule has 1 saturated carbocycles. The van der Waals surface area contributed by atoms with E-state index >= 15 is 4.39 Å². The molecule has 0 bridgehead atoms. The average molecular weight is 564 g/mol. The summed E-state index contributed by atoms with van der Waals surface area (Å²) in [6, 6.07) is 10.5. The Kier molecular flexibility index (Phi) is 8.61. The fourth-order valence-electron chi connectivity index (χ4n) is 5.94. The van der Waals surface area contributed by atoms with Gasteiger partial charge in [-0.1, -0.05) is 57.7 Å². The van der Waals surface area contributed by atoms with Gasteiger partial charge in [-0.15, -0.1) is 0 Å². The van der Waals surface area contributed by atoms with Gasteiger partial charge < -0.3 is 9.64 Å². The molecule has 8 heteroatoms. The zero-order chi connectivity index (χ0) is 27.7. The van der Waals surface area contributed by atoms with Crippen LogP contribution in [0.1, 0.15) is 78.2 Å². The second-order valence-corrected chi connectivity index (χ2v) is 14.5. The van der Waals surface area contributed by atoms with E-state index in [2.05, 4.69) is 0 Å². The first-order chi connectivity index (χ1) is 17.9. The lowest BCUT2D eigenvalue weighted by Crippen LogP contribution is -2.49. The molecule has 1 aliphatic heterocycles. The monoisotopic (exact) mass is 563 g/mol. The van der Waals surface area contributed by atoms with E-state index in [0.717, 1.165) is 25.7 Å². The minimum absolute atomic E-state index is 0.142. The Morgan fingerprint density at radius 1 is 1.05 bits per heavy atom. The van der Waals surface area contributed by atoms with Gasteiger partial charge in [-0.25, -0.2) is 12.8 Å². The molecule has 4 rings (SSSR count). The summed E-state index contributed by atoms with van der Waals surface area (Å²) in [4.78, 5) is 15.4. The first kappa shape index (κ1) is 29.0. The highest BCUT2D eigenvalue weighted by atomic mass is 35.5. The molecule has 38 heavy (non-hydrogen) atoms. The number of anilines is 1. The van der Waals surface area contributed by atoms with Gasteiger partial charge in [-0.2, -0.15) is 0 Å². The highest BCUT2D eigenvalue weighted by Crippen LogP contribution is 2.45. The van der Waals surface area contributed by atoms with Crippen LogP contribution in [0, 0.1) is 17.2 Å². The Morgan fingerprint density at radius 2 is 1.66 bits per heavy atom. The van der Waals surface area contributed by atoms with Crippen LogP contribution < -0.4 is 4.90 Å². The first-order valence-electron chi connectivity index (χ1n) is 13.6. The van der Waals surface area contributed by atoms with Gasteiger partial charge in [0, 0.05) is 29.7 Å². The number of amides is 1. The van der Waals surface area contributed by atoms with E-state index in [4.69, 9.17) is 16.3 Å². The van der Waals surface area contributed by atoms with Crippen LogP contribution in [0.5, 0.6) is 0 Å². The molecule has 1 heterocycles. The van der Waals surface area contributed by atoms with Gasteiger partial charge >= 0.3 is 0 Å². The molecule has 0 N–H and O–H groups in total. The maximum atomic E-state index is 16.1. The van der Waals surface area contributed by atoms with Gasteiger partial charge in [0.2, 0.25) is 5.91 Å². The molecule has 2 aromatic carbocycles. The Hall–Kier alpha value is -1.96. The number of sulfone groups is 1. The predicted octanol–water partition coefficient (Wildman–Crippen LogP) is 7.31. The quantitative estimate of drug-likeness (QED) is 0.370. The minimum Gasteiger partial charge on any atom is -0.381 e. The van der Waals surface area contributed by atoms with Crippen LogP contribution in [0.4, 0.5) is 10.1 Å². The number of carbonyl (C=O) groups is 1. The summed E-state index contributed by atoms with van der Waals surface area (Å²) in [5.74, 6) is -0.432. The van der Waals surface area contributed by atoms with Crippen LogP contribution in [-0.2, 0) is 24.1 Å². The number of carbonyl (C=O) groups excluding carboxylic acids is 1. The van der Waals surface area contributed by atoms with E-state index in [-0.39, 0.29) is 48.6 Å². The molecule has 2 fully saturated rings. The van der Waals surface area contributed by atoms with Crippen LogP contribution in [0.15, 0.2) is 47.4 Å². The smallest absolute Gasteiger partial charge is 0.232 e. The van der Waals surface area contributed by atoms with Crippen molar-refractivity contribution in [1.82, 2.24) is 0 Å². The van der Waals surface area contributed by atoms with Crippen LogP contribution in [-0.4, -0.2) is 33.6 Å². The van der Waals surface area contributed by atoms with Crippen molar-refractivity contribution in [2.45, 2.75) is 88.3 Å². The summed E-state index contributed by atoms with van der Waals surface area (Å²) in [5, 5.41) is 0.441. The third kappa shape index (κ3) is 5.52. The Bertz CT molecular complexity index is 1240. The molecule has 1 atom stereocenters. The number of halogens is 2. The van der Waals surface area contributed by atoms with E-state index in [9.17, 15) is 13.2 Å². The number of hydrogen-bond donors (Lipinski definition) is 0. The van der Waals surface area contributed by atoms with Crippen molar-refractivity contribution < 1.29 is 22.3 Å². The number of ether oxygens (including phenoxy) is 1. The summed E-state index contributed by atoms with van der Waals surface area (Å²) in [6.45, 7) is 8.05. The molecule has 0 spiro atoms. The second-order valence-electron chi connectivity index (χ2n) is 11.8. The molecule has 2 aromatic rings. The number of nitrogens with zero attached hydrogens (tertiary/aromatic N) is 1. The van der Waals surface area contributed by atoms with Crippen molar-refractivity contribution in [1.29, 1.82) is 0 Å². The van der Waals surface area contributed by atoms with Crippen molar-refractivity contribution in [3.8, 4) is 0 Å². The van der Waals surface area contributed by atoms with E-state index in [0.29, 0.717) is 16.5 Å². The molecular formula is C30H39ClFNO4S. The lowest BCUT2D eigenvalue weighted by atomic mass is 9.82. The molecular weight excluding hydrogens is 525 g/mol. The van der Waals surface area contributed by atoms with Gasteiger partial charge in [0.05, 0.1) is 10.6 Å². The topological polar surface area (TPSA) is 63.7 Å². The summed E-state index contributed by atoms with van der Waals surface area (Å²) in [5.41, 5.74) is -0.114. The fraction of sp³-hybridized carbons (Fsp3) is 0.567. The van der Waals surface area contributed by atoms with Gasteiger partial charge in [0.1, 0.15) is 10.6 Å². The molecule has 1 saturated heterocycles. The van der Waals surface area contributed by atoms with Crippen LogP contribution in [0.25, 0.3) is 0 Å². The molecule has 2 aliphatic rings. The largest absolute Gasteiger partial charge is 0.381 e. The average Bonchev–Trinajstić information content (AvgIpc) is 2.90. The number of rotatable bonds is 6. The lowest BCUT2D eigenvalue weighted by molar-refractivity contribution is -0.126. The predicted molar refractivity (Wildman–Crippen MR) is 150 cm³/mol. The van der Waals surface area contributed by atoms with Crippen molar-refractivity contribution in [3.05, 3.63) is 58.9 Å². The maximum Gasteiger partial charge on any atom is 0.232 e. The Morgan fingerprint density at radius 3 is 2.21 bits per heavy atom. The van der Waals surface area contributed by atoms with Gasteiger partial charge in [0.25, 0.3) is 0 Å². The van der Waals surface area contributed by atoms with Crippen molar-refractivity contribution >= 4 is 33.0 Å². The summed E-state index contributed by atoms with van der Waals surface area (Å²) in [6.07, 6.45) is 5.85. The molecule has 1 amide bonds. The third-order valence-corrected chi connectivity index (χ3v) is 11.1. The van der Waals surface area contributed by atoms with Crippen LogP contribution >= 0.6 is 11.6 Å². The maximum absolute atomic E-state index is 16.1. The number of benzene rings is 2. The summed E-state index contributed by atoms with van der Waals surface area (Å²) in [7, 11) is -3.90. The van der Waals surface area contributed by atoms with E-state index in [1.807, 2.05) is 27.7 Å².